The first-order valence-corrected chi connectivity index (χ1v) is 8.23. The van der Waals surface area contributed by atoms with E-state index in [1.807, 2.05) is 0 Å². The molecule has 138 valence electrons. The van der Waals surface area contributed by atoms with Crippen molar-refractivity contribution in [3.05, 3.63) is 88.6 Å². The maximum atomic E-state index is 12.8. The van der Waals surface area contributed by atoms with Gasteiger partial charge >= 0.3 is 5.91 Å². The van der Waals surface area contributed by atoms with E-state index in [2.05, 4.69) is 10.9 Å². The van der Waals surface area contributed by atoms with Crippen LogP contribution in [0.3, 0.4) is 0 Å². The molecule has 0 atom stereocenters. The van der Waals surface area contributed by atoms with Gasteiger partial charge in [-0.1, -0.05) is 23.7 Å². The zero-order chi connectivity index (χ0) is 19.2. The molecule has 6 nitrogen and oxygen atoms in total. The average Bonchev–Trinajstić information content (AvgIpc) is 3.15. The van der Waals surface area contributed by atoms with Crippen LogP contribution in [0, 0.1) is 5.82 Å². The Balaban J connectivity index is 1.53. The summed E-state index contributed by atoms with van der Waals surface area (Å²) in [5.74, 6) is -0.707. The number of carbonyl (C=O) groups is 2. The molecule has 0 fully saturated rings. The van der Waals surface area contributed by atoms with E-state index in [1.165, 1.54) is 36.4 Å². The second-order valence-electron chi connectivity index (χ2n) is 5.40. The number of rotatable bonds is 5. The molecule has 0 aliphatic rings. The number of ether oxygens (including phenoxy) is 1. The molecule has 0 saturated heterocycles. The topological polar surface area (TPSA) is 80.6 Å². The van der Waals surface area contributed by atoms with Gasteiger partial charge in [-0.2, -0.15) is 0 Å². The number of halogens is 2. The van der Waals surface area contributed by atoms with E-state index < -0.39 is 11.8 Å². The van der Waals surface area contributed by atoms with Crippen LogP contribution in [0.25, 0.3) is 0 Å². The van der Waals surface area contributed by atoms with Crippen LogP contribution < -0.4 is 15.6 Å². The average molecular weight is 389 g/mol. The zero-order valence-corrected chi connectivity index (χ0v) is 14.6. The lowest BCUT2D eigenvalue weighted by Gasteiger charge is -2.07. The number of nitrogens with one attached hydrogen (secondary N) is 2. The van der Waals surface area contributed by atoms with Crippen molar-refractivity contribution in [2.75, 3.05) is 0 Å². The molecule has 2 N–H and O–H groups in total. The van der Waals surface area contributed by atoms with Gasteiger partial charge in [-0.15, -0.1) is 0 Å². The van der Waals surface area contributed by atoms with Crippen molar-refractivity contribution >= 4 is 23.4 Å². The van der Waals surface area contributed by atoms with Crippen LogP contribution in [0.5, 0.6) is 5.75 Å². The van der Waals surface area contributed by atoms with E-state index in [9.17, 15) is 14.0 Å². The van der Waals surface area contributed by atoms with Crippen molar-refractivity contribution in [2.45, 2.75) is 6.61 Å². The number of hydrogen-bond donors (Lipinski definition) is 2. The molecule has 0 aliphatic heterocycles. The summed E-state index contributed by atoms with van der Waals surface area (Å²) in [7, 11) is 0. The summed E-state index contributed by atoms with van der Waals surface area (Å²) in [5, 5.41) is 0.266. The Morgan fingerprint density at radius 2 is 1.67 bits per heavy atom. The number of furan rings is 1. The van der Waals surface area contributed by atoms with E-state index in [-0.39, 0.29) is 28.8 Å². The predicted molar refractivity (Wildman–Crippen MR) is 95.8 cm³/mol. The first-order chi connectivity index (χ1) is 13.0. The van der Waals surface area contributed by atoms with Crippen LogP contribution in [0.15, 0.2) is 65.1 Å². The van der Waals surface area contributed by atoms with Crippen LogP contribution in [-0.2, 0) is 6.61 Å². The molecule has 1 aromatic heterocycles. The maximum absolute atomic E-state index is 12.8. The molecular formula is C19H14ClFN2O4. The first kappa shape index (κ1) is 18.5. The van der Waals surface area contributed by atoms with Crippen LogP contribution in [0.4, 0.5) is 4.39 Å². The summed E-state index contributed by atoms with van der Waals surface area (Å²) >= 11 is 5.92. The highest BCUT2D eigenvalue weighted by atomic mass is 35.5. The van der Waals surface area contributed by atoms with Crippen molar-refractivity contribution in [3.8, 4) is 5.75 Å². The van der Waals surface area contributed by atoms with Gasteiger partial charge in [0.15, 0.2) is 5.76 Å². The molecule has 3 rings (SSSR count). The second-order valence-corrected chi connectivity index (χ2v) is 5.80. The van der Waals surface area contributed by atoms with Crippen LogP contribution in [0.2, 0.25) is 5.02 Å². The normalized spacial score (nSPS) is 10.3. The van der Waals surface area contributed by atoms with Crippen LogP contribution in [0.1, 0.15) is 26.7 Å². The van der Waals surface area contributed by atoms with Crippen LogP contribution >= 0.6 is 11.6 Å². The van der Waals surface area contributed by atoms with Gasteiger partial charge in [-0.25, -0.2) is 4.39 Å². The third-order valence-corrected chi connectivity index (χ3v) is 3.82. The minimum atomic E-state index is -0.636. The Morgan fingerprint density at radius 3 is 2.41 bits per heavy atom. The predicted octanol–water partition coefficient (Wildman–Crippen LogP) is 3.73. The minimum Gasteiger partial charge on any atom is -0.486 e. The van der Waals surface area contributed by atoms with E-state index in [4.69, 9.17) is 20.8 Å². The molecule has 2 aromatic carbocycles. The lowest BCUT2D eigenvalue weighted by atomic mass is 10.2. The maximum Gasteiger partial charge on any atom is 0.305 e. The fraction of sp³-hybridized carbons (Fsp3) is 0.0526. The number of amides is 2. The molecule has 2 amide bonds. The molecule has 8 heteroatoms. The van der Waals surface area contributed by atoms with Gasteiger partial charge in [0.05, 0.1) is 10.6 Å². The number of hydrazine groups is 1. The molecular weight excluding hydrogens is 375 g/mol. The molecule has 0 radical (unpaired) electrons. The molecule has 3 aromatic rings. The Kier molecular flexibility index (Phi) is 5.73. The van der Waals surface area contributed by atoms with E-state index >= 15 is 0 Å². The summed E-state index contributed by atoms with van der Waals surface area (Å²) in [5.41, 5.74) is 4.73. The Labute approximate surface area is 158 Å². The zero-order valence-electron chi connectivity index (χ0n) is 13.9. The lowest BCUT2D eigenvalue weighted by Crippen LogP contribution is -2.41. The molecule has 0 spiro atoms. The molecule has 0 saturated carbocycles. The Morgan fingerprint density at radius 1 is 0.963 bits per heavy atom. The largest absolute Gasteiger partial charge is 0.486 e. The van der Waals surface area contributed by atoms with Gasteiger partial charge in [-0.3, -0.25) is 20.4 Å². The summed E-state index contributed by atoms with van der Waals surface area (Å²) in [6.45, 7) is 0.0604. The highest BCUT2D eigenvalue weighted by Gasteiger charge is 2.14. The molecule has 1 heterocycles. The monoisotopic (exact) mass is 388 g/mol. The van der Waals surface area contributed by atoms with Gasteiger partial charge in [0.1, 0.15) is 23.9 Å². The van der Waals surface area contributed by atoms with Crippen molar-refractivity contribution in [1.82, 2.24) is 10.9 Å². The summed E-state index contributed by atoms with van der Waals surface area (Å²) in [6, 6.07) is 15.0. The van der Waals surface area contributed by atoms with Crippen molar-refractivity contribution in [3.63, 3.8) is 0 Å². The highest BCUT2D eigenvalue weighted by Crippen LogP contribution is 2.16. The second kappa shape index (κ2) is 8.37. The van der Waals surface area contributed by atoms with Crippen molar-refractivity contribution in [1.29, 1.82) is 0 Å². The molecule has 0 unspecified atom stereocenters. The third-order valence-electron chi connectivity index (χ3n) is 3.49. The third kappa shape index (κ3) is 4.86. The van der Waals surface area contributed by atoms with Crippen molar-refractivity contribution < 1.29 is 23.1 Å². The smallest absolute Gasteiger partial charge is 0.305 e. The highest BCUT2D eigenvalue weighted by molar-refractivity contribution is 6.33. The molecule has 0 bridgehead atoms. The van der Waals surface area contributed by atoms with Crippen LogP contribution in [-0.4, -0.2) is 11.8 Å². The summed E-state index contributed by atoms with van der Waals surface area (Å²) in [4.78, 5) is 24.1. The first-order valence-electron chi connectivity index (χ1n) is 7.85. The summed E-state index contributed by atoms with van der Waals surface area (Å²) in [6.07, 6.45) is 0. The number of carbonyl (C=O) groups excluding carboxylic acids is 2. The van der Waals surface area contributed by atoms with Gasteiger partial charge < -0.3 is 9.15 Å². The fourth-order valence-electron chi connectivity index (χ4n) is 2.15. The SMILES string of the molecule is O=C(NNC(=O)c1ccccc1Cl)c1ccc(COc2ccc(F)cc2)o1. The van der Waals surface area contributed by atoms with Gasteiger partial charge in [-0.05, 0) is 48.5 Å². The fourth-order valence-corrected chi connectivity index (χ4v) is 2.37. The van der Waals surface area contributed by atoms with Crippen molar-refractivity contribution in [2.24, 2.45) is 0 Å². The Hall–Kier alpha value is -3.32. The summed E-state index contributed by atoms with van der Waals surface area (Å²) < 4.78 is 23.6. The van der Waals surface area contributed by atoms with E-state index in [0.29, 0.717) is 11.5 Å². The Bertz CT molecular complexity index is 956. The molecule has 0 aliphatic carbocycles. The van der Waals surface area contributed by atoms with Gasteiger partial charge in [0.25, 0.3) is 5.91 Å². The quantitative estimate of drug-likeness (QED) is 0.653. The van der Waals surface area contributed by atoms with E-state index in [1.54, 1.807) is 24.3 Å². The van der Waals surface area contributed by atoms with Gasteiger partial charge in [0.2, 0.25) is 0 Å². The number of hydrogen-bond acceptors (Lipinski definition) is 4. The lowest BCUT2D eigenvalue weighted by molar-refractivity contribution is 0.0828. The number of benzene rings is 2. The van der Waals surface area contributed by atoms with Gasteiger partial charge in [0, 0.05) is 0 Å². The molecule has 27 heavy (non-hydrogen) atoms. The van der Waals surface area contributed by atoms with E-state index in [0.717, 1.165) is 0 Å². The minimum absolute atomic E-state index is 0.00725. The standard InChI is InChI=1S/C19H14ClFN2O4/c20-16-4-2-1-3-15(16)18(24)22-23-19(25)17-10-9-14(27-17)11-26-13-7-5-12(21)6-8-13/h1-10H,11H2,(H,22,24)(H,23,25).